The summed E-state index contributed by atoms with van der Waals surface area (Å²) in [6.45, 7) is 5.62. The van der Waals surface area contributed by atoms with Crippen molar-refractivity contribution in [3.8, 4) is 0 Å². The van der Waals surface area contributed by atoms with Crippen molar-refractivity contribution in [2.45, 2.75) is 57.7 Å². The monoisotopic (exact) mass is 558 g/mol. The fourth-order valence-electron chi connectivity index (χ4n) is 5.15. The molecule has 12 nitrogen and oxygen atoms in total. The molecule has 0 spiro atoms. The third kappa shape index (κ3) is 6.01. The van der Waals surface area contributed by atoms with Gasteiger partial charge in [-0.3, -0.25) is 9.69 Å². The summed E-state index contributed by atoms with van der Waals surface area (Å²) in [6, 6.07) is 13.7. The lowest BCUT2D eigenvalue weighted by atomic mass is 9.94. The summed E-state index contributed by atoms with van der Waals surface area (Å²) in [7, 11) is 1.56. The molecule has 3 aromatic rings. The number of aromatic nitrogens is 3. The molecule has 214 valence electrons. The Morgan fingerprint density at radius 1 is 1.00 bits per heavy atom. The Labute approximate surface area is 237 Å². The zero-order chi connectivity index (χ0) is 29.3. The second-order valence-corrected chi connectivity index (χ2v) is 11.0. The maximum Gasteiger partial charge on any atom is 0.411 e. The van der Waals surface area contributed by atoms with E-state index in [9.17, 15) is 14.4 Å². The molecule has 1 aromatic heterocycles. The van der Waals surface area contributed by atoms with E-state index in [4.69, 9.17) is 10.5 Å². The molecular formula is C29H34N8O4. The lowest BCUT2D eigenvalue weighted by Crippen LogP contribution is -2.46. The highest BCUT2D eigenvalue weighted by atomic mass is 16.6. The van der Waals surface area contributed by atoms with Gasteiger partial charge in [-0.1, -0.05) is 18.2 Å². The number of anilines is 4. The first-order valence-electron chi connectivity index (χ1n) is 13.5. The van der Waals surface area contributed by atoms with Gasteiger partial charge in [0.1, 0.15) is 5.60 Å². The molecule has 2 atom stereocenters. The third-order valence-corrected chi connectivity index (χ3v) is 7.00. The fourth-order valence-corrected chi connectivity index (χ4v) is 5.15. The van der Waals surface area contributed by atoms with E-state index in [1.807, 2.05) is 37.8 Å². The van der Waals surface area contributed by atoms with Crippen molar-refractivity contribution in [3.63, 3.8) is 0 Å². The zero-order valence-corrected chi connectivity index (χ0v) is 23.5. The zero-order valence-electron chi connectivity index (χ0n) is 23.5. The van der Waals surface area contributed by atoms with E-state index < -0.39 is 11.6 Å². The summed E-state index contributed by atoms with van der Waals surface area (Å²) in [6.07, 6.45) is 4.53. The Balaban J connectivity index is 1.23. The number of nitrogens with zero attached hydrogens (tertiary/aromatic N) is 4. The molecule has 5 rings (SSSR count). The Bertz CT molecular complexity index is 1490. The highest BCUT2D eigenvalue weighted by molar-refractivity contribution is 5.94. The molecule has 1 saturated heterocycles. The molecule has 12 heteroatoms. The van der Waals surface area contributed by atoms with Gasteiger partial charge in [0.25, 0.3) is 5.91 Å². The van der Waals surface area contributed by atoms with Crippen LogP contribution in [0.15, 0.2) is 54.6 Å². The quantitative estimate of drug-likeness (QED) is 0.354. The standard InChI is InChI=1S/C29H34N8O4/c1-29(2,3)41-28(40)36-21-13-15-22(23(36)16-14-21)17-5-9-20(10-6-17)33-27(39)37-25(30)34-26(35-37)32-19-11-7-18(8-12-19)24(38)31-4/h5-12,15,21,23H,13-14,16H2,1-4H3,(H,31,38)(H,33,39)(H3,30,32,34,35). The lowest BCUT2D eigenvalue weighted by Gasteiger charge is -2.36. The van der Waals surface area contributed by atoms with Crippen LogP contribution >= 0.6 is 0 Å². The lowest BCUT2D eigenvalue weighted by molar-refractivity contribution is 0.0179. The average molecular weight is 559 g/mol. The Morgan fingerprint density at radius 2 is 1.68 bits per heavy atom. The third-order valence-electron chi connectivity index (χ3n) is 7.00. The molecule has 0 radical (unpaired) electrons. The number of amides is 3. The average Bonchev–Trinajstić information content (AvgIpc) is 3.45. The summed E-state index contributed by atoms with van der Waals surface area (Å²) in [5.41, 5.74) is 9.15. The SMILES string of the molecule is CNC(=O)c1ccc(Nc2nc(N)n(C(=O)Nc3ccc(C4=CCC5CCC4N5C(=O)OC(C)(C)C)cc3)n2)cc1. The van der Waals surface area contributed by atoms with E-state index in [-0.39, 0.29) is 36.0 Å². The number of nitrogens with one attached hydrogen (secondary N) is 3. The van der Waals surface area contributed by atoms with Crippen molar-refractivity contribution in [1.82, 2.24) is 25.0 Å². The van der Waals surface area contributed by atoms with Crippen LogP contribution in [0.25, 0.3) is 5.57 Å². The summed E-state index contributed by atoms with van der Waals surface area (Å²) >= 11 is 0. The van der Waals surface area contributed by atoms with Gasteiger partial charge >= 0.3 is 12.1 Å². The van der Waals surface area contributed by atoms with E-state index in [1.165, 1.54) is 0 Å². The molecule has 2 bridgehead atoms. The maximum absolute atomic E-state index is 12.9. The van der Waals surface area contributed by atoms with Crippen molar-refractivity contribution < 1.29 is 19.1 Å². The molecule has 2 unspecified atom stereocenters. The van der Waals surface area contributed by atoms with Gasteiger partial charge in [0.2, 0.25) is 11.9 Å². The van der Waals surface area contributed by atoms with Crippen molar-refractivity contribution >= 4 is 46.9 Å². The number of hydrogen-bond donors (Lipinski definition) is 4. The fraction of sp³-hybridized carbons (Fsp3) is 0.345. The van der Waals surface area contributed by atoms with Gasteiger partial charge in [0, 0.05) is 30.0 Å². The normalized spacial score (nSPS) is 18.0. The summed E-state index contributed by atoms with van der Waals surface area (Å²) in [5, 5.41) is 12.5. The predicted molar refractivity (Wildman–Crippen MR) is 156 cm³/mol. The number of benzene rings is 2. The first-order chi connectivity index (χ1) is 19.5. The van der Waals surface area contributed by atoms with Crippen LogP contribution in [0.5, 0.6) is 0 Å². The Hall–Kier alpha value is -4.87. The van der Waals surface area contributed by atoms with Crippen LogP contribution in [0.2, 0.25) is 0 Å². The molecule has 5 N–H and O–H groups in total. The van der Waals surface area contributed by atoms with Crippen LogP contribution in [0.4, 0.5) is 32.9 Å². The van der Waals surface area contributed by atoms with Gasteiger partial charge in [-0.15, -0.1) is 9.78 Å². The number of ether oxygens (including phenoxy) is 1. The van der Waals surface area contributed by atoms with Crippen LogP contribution in [0.1, 0.15) is 56.0 Å². The number of fused-ring (bicyclic) bond motifs is 2. The topological polar surface area (TPSA) is 156 Å². The van der Waals surface area contributed by atoms with E-state index in [0.29, 0.717) is 16.9 Å². The van der Waals surface area contributed by atoms with E-state index >= 15 is 0 Å². The number of nitrogen functional groups attached to an aromatic ring is 1. The van der Waals surface area contributed by atoms with Gasteiger partial charge in [-0.05, 0) is 87.6 Å². The van der Waals surface area contributed by atoms with Crippen molar-refractivity contribution in [2.24, 2.45) is 0 Å². The van der Waals surface area contributed by atoms with Crippen LogP contribution in [-0.4, -0.2) is 62.4 Å². The molecule has 2 aliphatic heterocycles. The van der Waals surface area contributed by atoms with Gasteiger partial charge < -0.3 is 26.4 Å². The minimum absolute atomic E-state index is 0.0371. The van der Waals surface area contributed by atoms with E-state index in [0.717, 1.165) is 35.1 Å². The number of hydrogen-bond acceptors (Lipinski definition) is 8. The number of carbonyl (C=O) groups excluding carboxylic acids is 3. The number of nitrogens with two attached hydrogens (primary N) is 1. The molecule has 41 heavy (non-hydrogen) atoms. The first-order valence-corrected chi connectivity index (χ1v) is 13.5. The van der Waals surface area contributed by atoms with Gasteiger partial charge in [0.15, 0.2) is 0 Å². The minimum atomic E-state index is -0.572. The Kier molecular flexibility index (Phi) is 7.40. The highest BCUT2D eigenvalue weighted by Crippen LogP contribution is 2.41. The summed E-state index contributed by atoms with van der Waals surface area (Å²) in [5.74, 6) is -0.151. The second kappa shape index (κ2) is 11.0. The largest absolute Gasteiger partial charge is 0.444 e. The summed E-state index contributed by atoms with van der Waals surface area (Å²) < 4.78 is 6.65. The molecule has 2 aromatic carbocycles. The molecule has 1 fully saturated rings. The smallest absolute Gasteiger partial charge is 0.411 e. The predicted octanol–water partition coefficient (Wildman–Crippen LogP) is 4.60. The molecular weight excluding hydrogens is 524 g/mol. The van der Waals surface area contributed by atoms with Gasteiger partial charge in [-0.25, -0.2) is 9.59 Å². The highest BCUT2D eigenvalue weighted by Gasteiger charge is 2.43. The van der Waals surface area contributed by atoms with Gasteiger partial charge in [-0.2, -0.15) is 4.98 Å². The van der Waals surface area contributed by atoms with Crippen LogP contribution < -0.4 is 21.7 Å². The Morgan fingerprint density at radius 3 is 2.34 bits per heavy atom. The minimum Gasteiger partial charge on any atom is -0.444 e. The van der Waals surface area contributed by atoms with Crippen LogP contribution in [-0.2, 0) is 4.74 Å². The summed E-state index contributed by atoms with van der Waals surface area (Å²) in [4.78, 5) is 43.5. The van der Waals surface area contributed by atoms with Crippen molar-refractivity contribution in [3.05, 3.63) is 65.7 Å². The molecule has 2 aliphatic rings. The molecule has 3 amide bonds. The number of rotatable bonds is 5. The maximum atomic E-state index is 12.9. The molecule has 0 aliphatic carbocycles. The first kappa shape index (κ1) is 27.7. The number of carbonyl (C=O) groups is 3. The van der Waals surface area contributed by atoms with Crippen molar-refractivity contribution in [1.29, 1.82) is 0 Å². The van der Waals surface area contributed by atoms with E-state index in [2.05, 4.69) is 32.1 Å². The van der Waals surface area contributed by atoms with E-state index in [1.54, 1.807) is 43.4 Å². The van der Waals surface area contributed by atoms with Gasteiger partial charge in [0.05, 0.1) is 6.04 Å². The molecule has 0 saturated carbocycles. The molecule has 3 heterocycles. The van der Waals surface area contributed by atoms with Crippen molar-refractivity contribution in [2.75, 3.05) is 23.4 Å². The van der Waals surface area contributed by atoms with Crippen LogP contribution in [0.3, 0.4) is 0 Å². The van der Waals surface area contributed by atoms with Crippen LogP contribution in [0, 0.1) is 0 Å². The second-order valence-electron chi connectivity index (χ2n) is 11.0.